The van der Waals surface area contributed by atoms with Crippen LogP contribution in [0.5, 0.6) is 0 Å². The first-order valence-electron chi connectivity index (χ1n) is 9.04. The minimum Gasteiger partial charge on any atom is -0.349 e. The van der Waals surface area contributed by atoms with Crippen LogP contribution in [0.3, 0.4) is 0 Å². The number of aromatic nitrogens is 2. The molecule has 8 heteroatoms. The van der Waals surface area contributed by atoms with E-state index in [2.05, 4.69) is 20.2 Å². The molecule has 7 nitrogen and oxygen atoms in total. The molecule has 1 saturated heterocycles. The van der Waals surface area contributed by atoms with Crippen LogP contribution in [0.25, 0.3) is 0 Å². The Kier molecular flexibility index (Phi) is 5.74. The van der Waals surface area contributed by atoms with Gasteiger partial charge in [0.25, 0.3) is 5.91 Å². The van der Waals surface area contributed by atoms with Gasteiger partial charge in [-0.1, -0.05) is 0 Å². The first-order chi connectivity index (χ1) is 12.9. The Hall–Kier alpha value is -2.48. The van der Waals surface area contributed by atoms with Crippen molar-refractivity contribution in [1.29, 1.82) is 0 Å². The van der Waals surface area contributed by atoms with Gasteiger partial charge >= 0.3 is 0 Å². The van der Waals surface area contributed by atoms with Gasteiger partial charge in [0.1, 0.15) is 0 Å². The minimum atomic E-state index is -3.33. The summed E-state index contributed by atoms with van der Waals surface area (Å²) >= 11 is 0. The fraction of sp³-hybridized carbons (Fsp3) is 0.421. The number of carbonyl (C=O) groups excluding carboxylic acids is 1. The molecular formula is C19H24N4O3S. The number of rotatable bonds is 5. The van der Waals surface area contributed by atoms with Gasteiger partial charge in [0.2, 0.25) is 5.95 Å². The third kappa shape index (κ3) is 4.44. The lowest BCUT2D eigenvalue weighted by Crippen LogP contribution is -2.45. The van der Waals surface area contributed by atoms with Gasteiger partial charge in [-0.15, -0.1) is 0 Å². The average molecular weight is 388 g/mol. The maximum Gasteiger partial charge on any atom is 0.251 e. The SMILES string of the molecule is CC(C)S(=O)(=O)c1ccc(C(=O)NC2CCN(c3ncccn3)CC2)cc1. The van der Waals surface area contributed by atoms with Crippen LogP contribution >= 0.6 is 0 Å². The van der Waals surface area contributed by atoms with Gasteiger partial charge in [-0.3, -0.25) is 4.79 Å². The molecule has 144 valence electrons. The summed E-state index contributed by atoms with van der Waals surface area (Å²) in [4.78, 5) is 23.3. The molecule has 1 aromatic heterocycles. The molecule has 1 aromatic carbocycles. The number of hydrogen-bond donors (Lipinski definition) is 1. The van der Waals surface area contributed by atoms with E-state index < -0.39 is 15.1 Å². The van der Waals surface area contributed by atoms with Gasteiger partial charge in [-0.05, 0) is 57.0 Å². The van der Waals surface area contributed by atoms with E-state index >= 15 is 0 Å². The van der Waals surface area contributed by atoms with Crippen LogP contribution in [-0.2, 0) is 9.84 Å². The van der Waals surface area contributed by atoms with Gasteiger partial charge in [0.15, 0.2) is 9.84 Å². The number of benzene rings is 1. The van der Waals surface area contributed by atoms with Crippen molar-refractivity contribution >= 4 is 21.7 Å². The number of hydrogen-bond acceptors (Lipinski definition) is 6. The predicted octanol–water partition coefficient (Wildman–Crippen LogP) is 2.06. The fourth-order valence-corrected chi connectivity index (χ4v) is 4.08. The van der Waals surface area contributed by atoms with Crippen LogP contribution in [0, 0.1) is 0 Å². The zero-order valence-corrected chi connectivity index (χ0v) is 16.3. The van der Waals surface area contributed by atoms with Gasteiger partial charge in [0.05, 0.1) is 10.1 Å². The third-order valence-corrected chi connectivity index (χ3v) is 6.90. The number of nitrogens with one attached hydrogen (secondary N) is 1. The van der Waals surface area contributed by atoms with Gasteiger partial charge in [0, 0.05) is 37.1 Å². The molecule has 0 unspecified atom stereocenters. The van der Waals surface area contributed by atoms with Gasteiger partial charge in [-0.2, -0.15) is 0 Å². The summed E-state index contributed by atoms with van der Waals surface area (Å²) in [5.41, 5.74) is 0.464. The predicted molar refractivity (Wildman–Crippen MR) is 103 cm³/mol. The molecule has 1 N–H and O–H groups in total. The lowest BCUT2D eigenvalue weighted by atomic mass is 10.0. The zero-order chi connectivity index (χ0) is 19.4. The van der Waals surface area contributed by atoms with Crippen LogP contribution in [-0.4, -0.2) is 48.7 Å². The molecule has 1 amide bonds. The van der Waals surface area contributed by atoms with Crippen LogP contribution in [0.15, 0.2) is 47.6 Å². The second kappa shape index (κ2) is 8.04. The Morgan fingerprint density at radius 3 is 2.26 bits per heavy atom. The van der Waals surface area contributed by atoms with E-state index in [9.17, 15) is 13.2 Å². The van der Waals surface area contributed by atoms with E-state index in [0.717, 1.165) is 25.9 Å². The number of piperidine rings is 1. The van der Waals surface area contributed by atoms with Crippen LogP contribution in [0.2, 0.25) is 0 Å². The summed E-state index contributed by atoms with van der Waals surface area (Å²) in [6, 6.07) is 8.00. The van der Waals surface area contributed by atoms with Crippen molar-refractivity contribution < 1.29 is 13.2 Å². The number of nitrogens with zero attached hydrogens (tertiary/aromatic N) is 3. The molecule has 1 aliphatic heterocycles. The van der Waals surface area contributed by atoms with Crippen molar-refractivity contribution in [1.82, 2.24) is 15.3 Å². The van der Waals surface area contributed by atoms with Gasteiger partial charge < -0.3 is 10.2 Å². The average Bonchev–Trinajstić information content (AvgIpc) is 2.69. The van der Waals surface area contributed by atoms with Gasteiger partial charge in [-0.25, -0.2) is 18.4 Å². The molecule has 1 fully saturated rings. The Labute approximate surface area is 159 Å². The van der Waals surface area contributed by atoms with E-state index in [1.54, 1.807) is 44.4 Å². The van der Waals surface area contributed by atoms with E-state index in [0.29, 0.717) is 11.5 Å². The summed E-state index contributed by atoms with van der Waals surface area (Å²) < 4.78 is 24.3. The monoisotopic (exact) mass is 388 g/mol. The lowest BCUT2D eigenvalue weighted by molar-refractivity contribution is 0.0931. The Morgan fingerprint density at radius 1 is 1.11 bits per heavy atom. The summed E-state index contributed by atoms with van der Waals surface area (Å²) in [7, 11) is -3.33. The molecule has 0 radical (unpaired) electrons. The van der Waals surface area contributed by atoms with Crippen molar-refractivity contribution in [2.75, 3.05) is 18.0 Å². The maximum atomic E-state index is 12.5. The molecule has 0 atom stereocenters. The smallest absolute Gasteiger partial charge is 0.251 e. The Morgan fingerprint density at radius 2 is 1.70 bits per heavy atom. The number of sulfone groups is 1. The summed E-state index contributed by atoms with van der Waals surface area (Å²) in [5, 5.41) is 2.54. The number of carbonyl (C=O) groups is 1. The van der Waals surface area contributed by atoms with E-state index in [1.165, 1.54) is 12.1 Å². The molecule has 0 aliphatic carbocycles. The topological polar surface area (TPSA) is 92.3 Å². The molecular weight excluding hydrogens is 364 g/mol. The second-order valence-electron chi connectivity index (χ2n) is 6.90. The highest BCUT2D eigenvalue weighted by atomic mass is 32.2. The quantitative estimate of drug-likeness (QED) is 0.843. The number of anilines is 1. The van der Waals surface area contributed by atoms with Crippen LogP contribution in [0.1, 0.15) is 37.0 Å². The minimum absolute atomic E-state index is 0.0801. The molecule has 3 rings (SSSR count). The summed E-state index contributed by atoms with van der Waals surface area (Å²) in [6.45, 7) is 4.84. The molecule has 2 heterocycles. The fourth-order valence-electron chi connectivity index (χ4n) is 3.02. The summed E-state index contributed by atoms with van der Waals surface area (Å²) in [6.07, 6.45) is 5.06. The van der Waals surface area contributed by atoms with Crippen LogP contribution in [0.4, 0.5) is 5.95 Å². The zero-order valence-electron chi connectivity index (χ0n) is 15.5. The maximum absolute atomic E-state index is 12.5. The highest BCUT2D eigenvalue weighted by molar-refractivity contribution is 7.92. The molecule has 2 aromatic rings. The van der Waals surface area contributed by atoms with E-state index in [-0.39, 0.29) is 16.8 Å². The Bertz CT molecular complexity index is 875. The summed E-state index contributed by atoms with van der Waals surface area (Å²) in [5.74, 6) is 0.530. The molecule has 0 saturated carbocycles. The van der Waals surface area contributed by atoms with Crippen molar-refractivity contribution in [2.45, 2.75) is 42.9 Å². The molecule has 0 bridgehead atoms. The second-order valence-corrected chi connectivity index (χ2v) is 9.41. The van der Waals surface area contributed by atoms with Crippen molar-refractivity contribution in [3.63, 3.8) is 0 Å². The van der Waals surface area contributed by atoms with Crippen molar-refractivity contribution in [2.24, 2.45) is 0 Å². The van der Waals surface area contributed by atoms with E-state index in [4.69, 9.17) is 0 Å². The highest BCUT2D eigenvalue weighted by Crippen LogP contribution is 2.18. The third-order valence-electron chi connectivity index (χ3n) is 4.73. The Balaban J connectivity index is 1.57. The first kappa shape index (κ1) is 19.3. The number of amides is 1. The normalized spacial score (nSPS) is 15.7. The van der Waals surface area contributed by atoms with Crippen LogP contribution < -0.4 is 10.2 Å². The molecule has 27 heavy (non-hydrogen) atoms. The van der Waals surface area contributed by atoms with Crippen molar-refractivity contribution in [3.8, 4) is 0 Å². The first-order valence-corrected chi connectivity index (χ1v) is 10.6. The molecule has 0 spiro atoms. The standard InChI is InChI=1S/C19H24N4O3S/c1-14(2)27(25,26)17-6-4-15(5-7-17)18(24)22-16-8-12-23(13-9-16)19-20-10-3-11-21-19/h3-7,10-11,14,16H,8-9,12-13H2,1-2H3,(H,22,24). The van der Waals surface area contributed by atoms with E-state index in [1.807, 2.05) is 0 Å². The largest absolute Gasteiger partial charge is 0.349 e. The lowest BCUT2D eigenvalue weighted by Gasteiger charge is -2.32. The van der Waals surface area contributed by atoms with Crippen molar-refractivity contribution in [3.05, 3.63) is 48.3 Å². The highest BCUT2D eigenvalue weighted by Gasteiger charge is 2.23. The molecule has 1 aliphatic rings.